The molecule has 0 radical (unpaired) electrons. The van der Waals surface area contributed by atoms with E-state index in [4.69, 9.17) is 16.2 Å². The molecule has 2 aromatic rings. The molecule has 9 nitrogen and oxygen atoms in total. The minimum absolute atomic E-state index is 0.193. The van der Waals surface area contributed by atoms with Gasteiger partial charge in [-0.3, -0.25) is 0 Å². The van der Waals surface area contributed by atoms with Crippen molar-refractivity contribution in [2.24, 2.45) is 0 Å². The zero-order valence-electron chi connectivity index (χ0n) is 10.3. The molecule has 0 amide bonds. The van der Waals surface area contributed by atoms with Gasteiger partial charge in [0.15, 0.2) is 5.16 Å². The Kier molecular flexibility index (Phi) is 3.80. The first kappa shape index (κ1) is 13.1. The van der Waals surface area contributed by atoms with Gasteiger partial charge in [0.2, 0.25) is 11.1 Å². The van der Waals surface area contributed by atoms with Crippen molar-refractivity contribution in [3.63, 3.8) is 0 Å². The molecule has 0 bridgehead atoms. The fourth-order valence-corrected chi connectivity index (χ4v) is 1.90. The predicted octanol–water partition coefficient (Wildman–Crippen LogP) is 0.0275. The molecule has 0 atom stereocenters. The molecule has 0 aliphatic rings. The third kappa shape index (κ3) is 3.31. The van der Waals surface area contributed by atoms with Crippen molar-refractivity contribution in [3.8, 4) is 6.01 Å². The van der Waals surface area contributed by atoms with Crippen LogP contribution in [-0.4, -0.2) is 39.1 Å². The van der Waals surface area contributed by atoms with E-state index in [2.05, 4.69) is 30.2 Å². The van der Waals surface area contributed by atoms with Crippen LogP contribution in [-0.2, 0) is 0 Å². The van der Waals surface area contributed by atoms with E-state index in [0.717, 1.165) is 11.8 Å². The Morgan fingerprint density at radius 2 is 1.68 bits per heavy atom. The second-order valence-corrected chi connectivity index (χ2v) is 4.22. The van der Waals surface area contributed by atoms with Gasteiger partial charge in [-0.05, 0) is 11.8 Å². The highest BCUT2D eigenvalue weighted by atomic mass is 32.2. The monoisotopic (exact) mass is 280 g/mol. The molecule has 2 aromatic heterocycles. The topological polar surface area (TPSA) is 138 Å². The Labute approximate surface area is 113 Å². The number of aromatic nitrogens is 5. The Hall–Kier alpha value is -2.36. The largest absolute Gasteiger partial charge is 0.467 e. The van der Waals surface area contributed by atoms with Crippen molar-refractivity contribution in [2.75, 3.05) is 30.9 Å². The first-order valence-electron chi connectivity index (χ1n) is 5.16. The summed E-state index contributed by atoms with van der Waals surface area (Å²) in [4.78, 5) is 20.3. The number of methoxy groups -OCH3 is 1. The average Bonchev–Trinajstić information content (AvgIpc) is 2.37. The quantitative estimate of drug-likeness (QED) is 0.657. The van der Waals surface area contributed by atoms with Crippen LogP contribution in [0.25, 0.3) is 0 Å². The number of nitrogen functional groups attached to an aromatic ring is 2. The van der Waals surface area contributed by atoms with Gasteiger partial charge in [0.25, 0.3) is 0 Å². The van der Waals surface area contributed by atoms with Crippen LogP contribution < -0.4 is 21.5 Å². The van der Waals surface area contributed by atoms with Gasteiger partial charge >= 0.3 is 6.01 Å². The minimum Gasteiger partial charge on any atom is -0.467 e. The first-order valence-corrected chi connectivity index (χ1v) is 5.98. The lowest BCUT2D eigenvalue weighted by Crippen LogP contribution is -2.04. The van der Waals surface area contributed by atoms with Gasteiger partial charge in [0.1, 0.15) is 11.6 Å². The molecule has 0 saturated heterocycles. The summed E-state index contributed by atoms with van der Waals surface area (Å²) in [5, 5.41) is 3.54. The third-order valence-electron chi connectivity index (χ3n) is 1.93. The molecule has 0 saturated carbocycles. The van der Waals surface area contributed by atoms with E-state index in [1.54, 1.807) is 7.05 Å². The molecule has 0 aliphatic heterocycles. The van der Waals surface area contributed by atoms with Gasteiger partial charge in [-0.1, -0.05) is 0 Å². The van der Waals surface area contributed by atoms with E-state index in [9.17, 15) is 0 Å². The van der Waals surface area contributed by atoms with Crippen LogP contribution in [0.5, 0.6) is 6.01 Å². The average molecular weight is 280 g/mol. The summed E-state index contributed by atoms with van der Waals surface area (Å²) in [6.07, 6.45) is 0. The number of rotatable bonds is 4. The molecular formula is C9H12N8OS. The molecule has 2 rings (SSSR count). The minimum atomic E-state index is 0.193. The summed E-state index contributed by atoms with van der Waals surface area (Å²) in [6.45, 7) is 0. The number of nitrogens with two attached hydrogens (primary N) is 2. The van der Waals surface area contributed by atoms with Gasteiger partial charge in [0.05, 0.1) is 7.11 Å². The van der Waals surface area contributed by atoms with Crippen molar-refractivity contribution >= 4 is 29.3 Å². The standard InChI is InChI=1S/C9H12N8OS/c1-12-6-15-7(18-2)17-9(16-6)19-8-13-4(10)3-5(11)14-8/h3H,1-2H3,(H4,10,11,13,14)(H,12,15,16,17). The maximum absolute atomic E-state index is 5.59. The SMILES string of the molecule is CNc1nc(OC)nc(Sc2nc(N)cc(N)n2)n1. The van der Waals surface area contributed by atoms with Crippen LogP contribution in [0.2, 0.25) is 0 Å². The molecule has 2 heterocycles. The Balaban J connectivity index is 2.31. The fraction of sp³-hybridized carbons (Fsp3) is 0.222. The molecule has 0 aliphatic carbocycles. The number of anilines is 3. The number of hydrogen-bond acceptors (Lipinski definition) is 10. The zero-order valence-corrected chi connectivity index (χ0v) is 11.1. The summed E-state index contributed by atoms with van der Waals surface area (Å²) in [5.41, 5.74) is 11.2. The van der Waals surface area contributed by atoms with Gasteiger partial charge in [-0.25, -0.2) is 9.97 Å². The van der Waals surface area contributed by atoms with Gasteiger partial charge < -0.3 is 21.5 Å². The molecule has 0 unspecified atom stereocenters. The van der Waals surface area contributed by atoms with Gasteiger partial charge in [0, 0.05) is 13.1 Å². The molecule has 0 spiro atoms. The Bertz CT molecular complexity index is 550. The molecule has 100 valence electrons. The molecule has 10 heteroatoms. The first-order chi connectivity index (χ1) is 9.10. The fourth-order valence-electron chi connectivity index (χ4n) is 1.18. The van der Waals surface area contributed by atoms with Crippen LogP contribution >= 0.6 is 11.8 Å². The van der Waals surface area contributed by atoms with Crippen LogP contribution in [0.4, 0.5) is 17.6 Å². The lowest BCUT2D eigenvalue weighted by atomic mass is 10.5. The predicted molar refractivity (Wildman–Crippen MR) is 70.9 cm³/mol. The third-order valence-corrected chi connectivity index (χ3v) is 2.66. The summed E-state index contributed by atoms with van der Waals surface area (Å²) in [6, 6.07) is 1.66. The molecule has 0 aromatic carbocycles. The maximum atomic E-state index is 5.59. The number of hydrogen-bond donors (Lipinski definition) is 3. The lowest BCUT2D eigenvalue weighted by molar-refractivity contribution is 0.374. The van der Waals surface area contributed by atoms with Crippen molar-refractivity contribution < 1.29 is 4.74 Å². The van der Waals surface area contributed by atoms with Crippen LogP contribution in [0.3, 0.4) is 0 Å². The molecular weight excluding hydrogens is 268 g/mol. The van der Waals surface area contributed by atoms with E-state index in [1.807, 2.05) is 0 Å². The van der Waals surface area contributed by atoms with Crippen LogP contribution in [0, 0.1) is 0 Å². The second kappa shape index (κ2) is 5.52. The molecule has 0 fully saturated rings. The second-order valence-electron chi connectivity index (χ2n) is 3.28. The zero-order chi connectivity index (χ0) is 13.8. The van der Waals surface area contributed by atoms with Gasteiger partial charge in [-0.2, -0.15) is 15.0 Å². The number of ether oxygens (including phenoxy) is 1. The number of nitrogens with zero attached hydrogens (tertiary/aromatic N) is 5. The highest BCUT2D eigenvalue weighted by molar-refractivity contribution is 7.99. The van der Waals surface area contributed by atoms with Crippen molar-refractivity contribution in [3.05, 3.63) is 6.07 Å². The van der Waals surface area contributed by atoms with Crippen LogP contribution in [0.15, 0.2) is 16.4 Å². The van der Waals surface area contributed by atoms with Gasteiger partial charge in [-0.15, -0.1) is 0 Å². The van der Waals surface area contributed by atoms with E-state index in [0.29, 0.717) is 16.3 Å². The maximum Gasteiger partial charge on any atom is 0.321 e. The highest BCUT2D eigenvalue weighted by Gasteiger charge is 2.10. The Morgan fingerprint density at radius 1 is 1.05 bits per heavy atom. The van der Waals surface area contributed by atoms with Crippen molar-refractivity contribution in [1.29, 1.82) is 0 Å². The smallest absolute Gasteiger partial charge is 0.321 e. The summed E-state index contributed by atoms with van der Waals surface area (Å²) in [5.74, 6) is 0.945. The summed E-state index contributed by atoms with van der Waals surface area (Å²) >= 11 is 1.11. The van der Waals surface area contributed by atoms with E-state index < -0.39 is 0 Å². The molecule has 5 N–H and O–H groups in total. The summed E-state index contributed by atoms with van der Waals surface area (Å²) in [7, 11) is 3.16. The normalized spacial score (nSPS) is 10.2. The molecule has 19 heavy (non-hydrogen) atoms. The number of nitrogens with one attached hydrogen (secondary N) is 1. The highest BCUT2D eigenvalue weighted by Crippen LogP contribution is 2.24. The van der Waals surface area contributed by atoms with Crippen LogP contribution in [0.1, 0.15) is 0 Å². The van der Waals surface area contributed by atoms with Crippen molar-refractivity contribution in [2.45, 2.75) is 10.3 Å². The van der Waals surface area contributed by atoms with E-state index >= 15 is 0 Å². The summed E-state index contributed by atoms with van der Waals surface area (Å²) < 4.78 is 4.98. The van der Waals surface area contributed by atoms with E-state index in [-0.39, 0.29) is 17.6 Å². The lowest BCUT2D eigenvalue weighted by Gasteiger charge is -2.05. The Morgan fingerprint density at radius 3 is 2.26 bits per heavy atom. The van der Waals surface area contributed by atoms with Crippen molar-refractivity contribution in [1.82, 2.24) is 24.9 Å². The van der Waals surface area contributed by atoms with E-state index in [1.165, 1.54) is 13.2 Å².